The summed E-state index contributed by atoms with van der Waals surface area (Å²) in [5, 5.41) is 3.67. The molecule has 1 N–H and O–H groups in total. The Hall–Kier alpha value is -2.72. The topological polar surface area (TPSA) is 37.3 Å². The van der Waals surface area contributed by atoms with Crippen LogP contribution in [0, 0.1) is 6.92 Å². The Labute approximate surface area is 164 Å². The van der Waals surface area contributed by atoms with E-state index in [1.807, 2.05) is 42.2 Å². The van der Waals surface area contributed by atoms with Crippen LogP contribution in [0.25, 0.3) is 0 Å². The van der Waals surface area contributed by atoms with Crippen LogP contribution in [0.15, 0.2) is 66.9 Å². The number of urea groups is 1. The Bertz CT molecular complexity index is 951. The molecular formula is C22H22ClN3O. The number of hydrogen-bond donors (Lipinski definition) is 1. The average Bonchev–Trinajstić information content (AvgIpc) is 3.15. The first-order valence-corrected chi connectivity index (χ1v) is 9.52. The van der Waals surface area contributed by atoms with E-state index in [1.54, 1.807) is 6.07 Å². The summed E-state index contributed by atoms with van der Waals surface area (Å²) < 4.78 is 2.24. The van der Waals surface area contributed by atoms with Gasteiger partial charge in [-0.25, -0.2) is 4.79 Å². The third-order valence-electron chi connectivity index (χ3n) is 5.14. The number of anilines is 1. The summed E-state index contributed by atoms with van der Waals surface area (Å²) in [6.07, 6.45) is 2.87. The lowest BCUT2D eigenvalue weighted by Crippen LogP contribution is -2.44. The van der Waals surface area contributed by atoms with Crippen molar-refractivity contribution in [2.24, 2.45) is 0 Å². The molecule has 0 fully saturated rings. The number of carbonyl (C=O) groups is 1. The van der Waals surface area contributed by atoms with Gasteiger partial charge in [0.15, 0.2) is 0 Å². The maximum Gasteiger partial charge on any atom is 0.322 e. The first-order chi connectivity index (χ1) is 13.1. The van der Waals surface area contributed by atoms with Crippen LogP contribution in [0.2, 0.25) is 5.02 Å². The molecular weight excluding hydrogens is 358 g/mol. The summed E-state index contributed by atoms with van der Waals surface area (Å²) in [5.74, 6) is 0. The van der Waals surface area contributed by atoms with Crippen LogP contribution in [0.5, 0.6) is 0 Å². The zero-order valence-corrected chi connectivity index (χ0v) is 16.0. The lowest BCUT2D eigenvalue weighted by atomic mass is 10.0. The molecule has 1 aromatic heterocycles. The first kappa shape index (κ1) is 17.7. The van der Waals surface area contributed by atoms with E-state index in [1.165, 1.54) is 11.3 Å². The first-order valence-electron chi connectivity index (χ1n) is 9.14. The van der Waals surface area contributed by atoms with E-state index in [0.29, 0.717) is 11.6 Å². The fourth-order valence-corrected chi connectivity index (χ4v) is 3.85. The third kappa shape index (κ3) is 3.71. The second kappa shape index (κ2) is 7.49. The lowest BCUT2D eigenvalue weighted by Gasteiger charge is -2.37. The SMILES string of the molecule is Cc1ccc(Cl)cc1NC(=O)N1CCn2cccc2[C@H]1Cc1ccccc1. The maximum absolute atomic E-state index is 13.1. The summed E-state index contributed by atoms with van der Waals surface area (Å²) >= 11 is 6.11. The van der Waals surface area contributed by atoms with E-state index in [0.717, 1.165) is 24.2 Å². The molecule has 0 spiro atoms. The van der Waals surface area contributed by atoms with Crippen LogP contribution in [0.3, 0.4) is 0 Å². The molecule has 4 rings (SSSR count). The van der Waals surface area contributed by atoms with Gasteiger partial charge in [0.25, 0.3) is 0 Å². The lowest BCUT2D eigenvalue weighted by molar-refractivity contribution is 0.167. The molecule has 0 aliphatic carbocycles. The van der Waals surface area contributed by atoms with Gasteiger partial charge in [0.2, 0.25) is 0 Å². The Balaban J connectivity index is 1.61. The van der Waals surface area contributed by atoms with Gasteiger partial charge in [-0.05, 0) is 48.7 Å². The van der Waals surface area contributed by atoms with E-state index < -0.39 is 0 Å². The van der Waals surface area contributed by atoms with E-state index >= 15 is 0 Å². The Morgan fingerprint density at radius 1 is 1.11 bits per heavy atom. The van der Waals surface area contributed by atoms with Gasteiger partial charge in [0, 0.05) is 35.7 Å². The number of halogens is 1. The highest BCUT2D eigenvalue weighted by atomic mass is 35.5. The largest absolute Gasteiger partial charge is 0.348 e. The molecule has 2 heterocycles. The van der Waals surface area contributed by atoms with Crippen LogP contribution in [-0.2, 0) is 13.0 Å². The maximum atomic E-state index is 13.1. The number of carbonyl (C=O) groups excluding carboxylic acids is 1. The molecule has 0 unspecified atom stereocenters. The van der Waals surface area contributed by atoms with Gasteiger partial charge in [-0.15, -0.1) is 0 Å². The summed E-state index contributed by atoms with van der Waals surface area (Å²) in [7, 11) is 0. The molecule has 1 aliphatic rings. The molecule has 0 saturated heterocycles. The van der Waals surface area contributed by atoms with Crippen molar-refractivity contribution >= 4 is 23.3 Å². The number of amides is 2. The zero-order valence-electron chi connectivity index (χ0n) is 15.2. The Morgan fingerprint density at radius 3 is 2.74 bits per heavy atom. The van der Waals surface area contributed by atoms with Crippen molar-refractivity contribution in [1.82, 2.24) is 9.47 Å². The molecule has 1 aliphatic heterocycles. The van der Waals surface area contributed by atoms with Crippen molar-refractivity contribution in [3.05, 3.63) is 88.7 Å². The van der Waals surface area contributed by atoms with Gasteiger partial charge >= 0.3 is 6.03 Å². The van der Waals surface area contributed by atoms with E-state index in [2.05, 4.69) is 40.3 Å². The highest BCUT2D eigenvalue weighted by molar-refractivity contribution is 6.31. The highest BCUT2D eigenvalue weighted by Gasteiger charge is 2.31. The van der Waals surface area contributed by atoms with E-state index in [-0.39, 0.29) is 12.1 Å². The van der Waals surface area contributed by atoms with E-state index in [9.17, 15) is 4.79 Å². The Kier molecular flexibility index (Phi) is 4.90. The number of aromatic nitrogens is 1. The van der Waals surface area contributed by atoms with Gasteiger partial charge in [-0.3, -0.25) is 0 Å². The quantitative estimate of drug-likeness (QED) is 0.660. The second-order valence-electron chi connectivity index (χ2n) is 6.91. The van der Waals surface area contributed by atoms with Gasteiger partial charge in [0.05, 0.1) is 6.04 Å². The van der Waals surface area contributed by atoms with Crippen molar-refractivity contribution in [2.75, 3.05) is 11.9 Å². The predicted molar refractivity (Wildman–Crippen MR) is 109 cm³/mol. The standard InChI is InChI=1S/C22H22ClN3O/c1-16-9-10-18(23)15-19(16)24-22(27)26-13-12-25-11-5-8-20(25)21(26)14-17-6-3-2-4-7-17/h2-11,15,21H,12-14H2,1H3,(H,24,27)/t21-/m1/s1. The summed E-state index contributed by atoms with van der Waals surface area (Å²) in [5.41, 5.74) is 4.14. The van der Waals surface area contributed by atoms with Crippen LogP contribution < -0.4 is 5.32 Å². The molecule has 5 heteroatoms. The molecule has 1 atom stereocenters. The number of fused-ring (bicyclic) bond motifs is 1. The zero-order chi connectivity index (χ0) is 18.8. The van der Waals surface area contributed by atoms with Crippen LogP contribution in [0.1, 0.15) is 22.9 Å². The molecule has 2 amide bonds. The number of nitrogens with zero attached hydrogens (tertiary/aromatic N) is 2. The number of nitrogens with one attached hydrogen (secondary N) is 1. The smallest absolute Gasteiger partial charge is 0.322 e. The molecule has 138 valence electrons. The van der Waals surface area contributed by atoms with Crippen LogP contribution in [-0.4, -0.2) is 22.0 Å². The third-order valence-corrected chi connectivity index (χ3v) is 5.37. The van der Waals surface area contributed by atoms with Crippen molar-refractivity contribution in [1.29, 1.82) is 0 Å². The molecule has 0 bridgehead atoms. The summed E-state index contributed by atoms with van der Waals surface area (Å²) in [4.78, 5) is 15.1. The number of hydrogen-bond acceptors (Lipinski definition) is 1. The average molecular weight is 380 g/mol. The van der Waals surface area contributed by atoms with Crippen molar-refractivity contribution in [3.8, 4) is 0 Å². The predicted octanol–water partition coefficient (Wildman–Crippen LogP) is 5.28. The van der Waals surface area contributed by atoms with Gasteiger partial charge in [-0.1, -0.05) is 48.0 Å². The van der Waals surface area contributed by atoms with Crippen LogP contribution in [0.4, 0.5) is 10.5 Å². The second-order valence-corrected chi connectivity index (χ2v) is 7.35. The van der Waals surface area contributed by atoms with E-state index in [4.69, 9.17) is 11.6 Å². The summed E-state index contributed by atoms with van der Waals surface area (Å²) in [6.45, 7) is 3.44. The minimum Gasteiger partial charge on any atom is -0.348 e. The van der Waals surface area contributed by atoms with Crippen LogP contribution >= 0.6 is 11.6 Å². The fraction of sp³-hybridized carbons (Fsp3) is 0.227. The fourth-order valence-electron chi connectivity index (χ4n) is 3.68. The number of rotatable bonds is 3. The molecule has 2 aromatic carbocycles. The minimum atomic E-state index is -0.0891. The molecule has 4 nitrogen and oxygen atoms in total. The summed E-state index contributed by atoms with van der Waals surface area (Å²) in [6, 6.07) is 19.9. The normalized spacial score (nSPS) is 16.1. The van der Waals surface area contributed by atoms with Gasteiger partial charge in [-0.2, -0.15) is 0 Å². The van der Waals surface area contributed by atoms with Gasteiger partial charge < -0.3 is 14.8 Å². The molecule has 0 saturated carbocycles. The van der Waals surface area contributed by atoms with Crippen molar-refractivity contribution in [2.45, 2.75) is 25.9 Å². The number of benzene rings is 2. The molecule has 0 radical (unpaired) electrons. The highest BCUT2D eigenvalue weighted by Crippen LogP contribution is 2.30. The monoisotopic (exact) mass is 379 g/mol. The van der Waals surface area contributed by atoms with Crippen molar-refractivity contribution < 1.29 is 4.79 Å². The minimum absolute atomic E-state index is 0.00404. The number of aryl methyl sites for hydroxylation is 1. The van der Waals surface area contributed by atoms with Crippen molar-refractivity contribution in [3.63, 3.8) is 0 Å². The molecule has 3 aromatic rings. The Morgan fingerprint density at radius 2 is 1.93 bits per heavy atom. The molecule has 27 heavy (non-hydrogen) atoms. The van der Waals surface area contributed by atoms with Gasteiger partial charge in [0.1, 0.15) is 0 Å².